The topological polar surface area (TPSA) is 100 Å². The van der Waals surface area contributed by atoms with Crippen molar-refractivity contribution in [3.8, 4) is 11.3 Å². The number of benzene rings is 1. The Balaban J connectivity index is 1.36. The molecule has 0 saturated carbocycles. The number of nitrogens with zero attached hydrogens (tertiary/aromatic N) is 3. The monoisotopic (exact) mass is 453 g/mol. The first-order chi connectivity index (χ1) is 15.5. The average molecular weight is 454 g/mol. The molecule has 1 aliphatic rings. The van der Waals surface area contributed by atoms with Gasteiger partial charge in [-0.2, -0.15) is 0 Å². The third-order valence-electron chi connectivity index (χ3n) is 5.53. The maximum Gasteiger partial charge on any atom is 0.255 e. The van der Waals surface area contributed by atoms with Crippen LogP contribution in [0.25, 0.3) is 11.3 Å². The number of carbonyl (C=O) groups is 1. The van der Waals surface area contributed by atoms with Crippen LogP contribution in [0, 0.1) is 6.92 Å². The second kappa shape index (κ2) is 10.1. The molecule has 3 heterocycles. The summed E-state index contributed by atoms with van der Waals surface area (Å²) in [6.45, 7) is 6.56. The number of amides is 1. The first-order valence-corrected chi connectivity index (χ1v) is 11.7. The number of nitrogens with one attached hydrogen (secondary N) is 2. The number of hydrogen-bond acceptors (Lipinski definition) is 7. The molecule has 0 aliphatic carbocycles. The van der Waals surface area contributed by atoms with Crippen molar-refractivity contribution in [2.45, 2.75) is 33.1 Å². The largest absolute Gasteiger partial charge is 0.378 e. The van der Waals surface area contributed by atoms with E-state index in [1.54, 1.807) is 0 Å². The molecule has 0 radical (unpaired) electrons. The molecule has 0 bridgehead atoms. The van der Waals surface area contributed by atoms with Crippen LogP contribution >= 0.6 is 11.3 Å². The summed E-state index contributed by atoms with van der Waals surface area (Å²) in [7, 11) is 0. The van der Waals surface area contributed by atoms with Gasteiger partial charge in [0.1, 0.15) is 0 Å². The molecule has 0 spiro atoms. The predicted molar refractivity (Wildman–Crippen MR) is 127 cm³/mol. The Morgan fingerprint density at radius 1 is 1.22 bits per heavy atom. The van der Waals surface area contributed by atoms with E-state index in [1.807, 2.05) is 29.3 Å². The van der Waals surface area contributed by atoms with Gasteiger partial charge >= 0.3 is 0 Å². The van der Waals surface area contributed by atoms with Gasteiger partial charge in [-0.15, -0.1) is 11.3 Å². The Hall–Kier alpha value is -3.04. The van der Waals surface area contributed by atoms with E-state index in [9.17, 15) is 9.59 Å². The third kappa shape index (κ3) is 5.23. The number of H-pyrrole nitrogens is 1. The second-order valence-electron chi connectivity index (χ2n) is 7.69. The highest BCUT2D eigenvalue weighted by Crippen LogP contribution is 2.25. The summed E-state index contributed by atoms with van der Waals surface area (Å²) in [6.07, 6.45) is 1.50. The summed E-state index contributed by atoms with van der Waals surface area (Å²) in [6, 6.07) is 8.26. The summed E-state index contributed by atoms with van der Waals surface area (Å²) in [5.41, 5.74) is 4.12. The zero-order chi connectivity index (χ0) is 22.5. The van der Waals surface area contributed by atoms with E-state index in [4.69, 9.17) is 4.74 Å². The van der Waals surface area contributed by atoms with Gasteiger partial charge in [-0.1, -0.05) is 31.2 Å². The summed E-state index contributed by atoms with van der Waals surface area (Å²) in [5.74, 6) is 0.384. The molecule has 2 N–H and O–H groups in total. The molecular formula is C23H27N5O3S. The first-order valence-electron chi connectivity index (χ1n) is 10.8. The molecule has 9 heteroatoms. The molecule has 2 aromatic heterocycles. The molecule has 8 nitrogen and oxygen atoms in total. The molecule has 3 aromatic rings. The van der Waals surface area contributed by atoms with Crippen LogP contribution < -0.4 is 15.8 Å². The van der Waals surface area contributed by atoms with Crippen LogP contribution in [0.4, 0.5) is 11.1 Å². The van der Waals surface area contributed by atoms with Crippen molar-refractivity contribution in [2.24, 2.45) is 0 Å². The normalized spacial score (nSPS) is 13.9. The number of aromatic nitrogens is 3. The third-order valence-corrected chi connectivity index (χ3v) is 6.29. The SMILES string of the molecule is CCc1ccc(-c2csc(NC(=O)CCc3c(C)nc(N4CCOCC4)[nH]c3=O)n2)cc1. The molecule has 1 fully saturated rings. The zero-order valence-electron chi connectivity index (χ0n) is 18.3. The number of thiazole rings is 1. The fourth-order valence-electron chi connectivity index (χ4n) is 3.61. The van der Waals surface area contributed by atoms with Crippen molar-refractivity contribution in [2.75, 3.05) is 36.5 Å². The van der Waals surface area contributed by atoms with E-state index in [-0.39, 0.29) is 17.9 Å². The Morgan fingerprint density at radius 3 is 2.66 bits per heavy atom. The quantitative estimate of drug-likeness (QED) is 0.570. The summed E-state index contributed by atoms with van der Waals surface area (Å²) in [4.78, 5) is 39.0. The Kier molecular flexibility index (Phi) is 6.96. The van der Waals surface area contributed by atoms with Crippen molar-refractivity contribution in [3.05, 3.63) is 56.8 Å². The van der Waals surface area contributed by atoms with Crippen LogP contribution in [0.5, 0.6) is 0 Å². The summed E-state index contributed by atoms with van der Waals surface area (Å²) in [5, 5.41) is 5.32. The van der Waals surface area contributed by atoms with Crippen LogP contribution in [-0.4, -0.2) is 47.2 Å². The van der Waals surface area contributed by atoms with E-state index < -0.39 is 0 Å². The molecular weight excluding hydrogens is 426 g/mol. The van der Waals surface area contributed by atoms with Gasteiger partial charge in [0.25, 0.3) is 5.56 Å². The van der Waals surface area contributed by atoms with Gasteiger partial charge in [0.2, 0.25) is 11.9 Å². The average Bonchev–Trinajstić information content (AvgIpc) is 3.27. The molecule has 1 aliphatic heterocycles. The van der Waals surface area contributed by atoms with Crippen molar-refractivity contribution in [1.82, 2.24) is 15.0 Å². The lowest BCUT2D eigenvalue weighted by molar-refractivity contribution is -0.116. The molecule has 32 heavy (non-hydrogen) atoms. The Labute approximate surface area is 190 Å². The minimum atomic E-state index is -0.196. The highest BCUT2D eigenvalue weighted by molar-refractivity contribution is 7.14. The number of hydrogen-bond donors (Lipinski definition) is 2. The van der Waals surface area contributed by atoms with Gasteiger partial charge < -0.3 is 15.0 Å². The number of morpholine rings is 1. The van der Waals surface area contributed by atoms with Gasteiger partial charge in [-0.25, -0.2) is 9.97 Å². The molecule has 168 valence electrons. The van der Waals surface area contributed by atoms with Gasteiger partial charge in [0, 0.05) is 41.7 Å². The lowest BCUT2D eigenvalue weighted by atomic mass is 10.1. The molecule has 1 amide bonds. The van der Waals surface area contributed by atoms with Crippen molar-refractivity contribution in [3.63, 3.8) is 0 Å². The van der Waals surface area contributed by atoms with Gasteiger partial charge in [0.15, 0.2) is 5.13 Å². The fraction of sp³-hybridized carbons (Fsp3) is 0.391. The molecule has 4 rings (SSSR count). The number of rotatable bonds is 7. The zero-order valence-corrected chi connectivity index (χ0v) is 19.1. The maximum atomic E-state index is 12.6. The summed E-state index contributed by atoms with van der Waals surface area (Å²) < 4.78 is 5.34. The Morgan fingerprint density at radius 2 is 1.97 bits per heavy atom. The van der Waals surface area contributed by atoms with Gasteiger partial charge in [-0.05, 0) is 25.3 Å². The number of anilines is 2. The van der Waals surface area contributed by atoms with E-state index >= 15 is 0 Å². The highest BCUT2D eigenvalue weighted by Gasteiger charge is 2.17. The molecule has 0 atom stereocenters. The lowest BCUT2D eigenvalue weighted by Crippen LogP contribution is -2.38. The second-order valence-corrected chi connectivity index (χ2v) is 8.55. The fourth-order valence-corrected chi connectivity index (χ4v) is 4.35. The van der Waals surface area contributed by atoms with E-state index in [2.05, 4.69) is 39.3 Å². The standard InChI is InChI=1S/C23H27N5O3S/c1-3-16-4-6-17(7-5-16)19-14-32-23(25-19)26-20(29)9-8-18-15(2)24-22(27-21(18)30)28-10-12-31-13-11-28/h4-7,14H,3,8-13H2,1-2H3,(H,24,27,30)(H,25,26,29). The number of carbonyl (C=O) groups excluding carboxylic acids is 1. The van der Waals surface area contributed by atoms with Gasteiger partial charge in [0.05, 0.1) is 18.9 Å². The van der Waals surface area contributed by atoms with E-state index in [1.165, 1.54) is 16.9 Å². The smallest absolute Gasteiger partial charge is 0.255 e. The van der Waals surface area contributed by atoms with E-state index in [0.29, 0.717) is 55.1 Å². The van der Waals surface area contributed by atoms with Crippen LogP contribution in [0.2, 0.25) is 0 Å². The molecule has 1 aromatic carbocycles. The molecule has 0 unspecified atom stereocenters. The number of aryl methyl sites for hydroxylation is 2. The van der Waals surface area contributed by atoms with Crippen molar-refractivity contribution >= 4 is 28.3 Å². The number of aromatic amines is 1. The van der Waals surface area contributed by atoms with Gasteiger partial charge in [-0.3, -0.25) is 14.6 Å². The lowest BCUT2D eigenvalue weighted by Gasteiger charge is -2.27. The number of ether oxygens (including phenoxy) is 1. The maximum absolute atomic E-state index is 12.6. The van der Waals surface area contributed by atoms with Crippen LogP contribution in [0.1, 0.15) is 30.2 Å². The van der Waals surface area contributed by atoms with Crippen LogP contribution in [-0.2, 0) is 22.4 Å². The van der Waals surface area contributed by atoms with Crippen molar-refractivity contribution in [1.29, 1.82) is 0 Å². The van der Waals surface area contributed by atoms with E-state index in [0.717, 1.165) is 17.7 Å². The highest BCUT2D eigenvalue weighted by atomic mass is 32.1. The van der Waals surface area contributed by atoms with Crippen molar-refractivity contribution < 1.29 is 9.53 Å². The van der Waals surface area contributed by atoms with Crippen LogP contribution in [0.15, 0.2) is 34.4 Å². The molecule has 1 saturated heterocycles. The van der Waals surface area contributed by atoms with Crippen LogP contribution in [0.3, 0.4) is 0 Å². The predicted octanol–water partition coefficient (Wildman–Crippen LogP) is 3.17. The minimum absolute atomic E-state index is 0.178. The Bertz CT molecular complexity index is 1130. The summed E-state index contributed by atoms with van der Waals surface area (Å²) >= 11 is 1.39. The first kappa shape index (κ1) is 22.2. The minimum Gasteiger partial charge on any atom is -0.378 e.